The highest BCUT2D eigenvalue weighted by atomic mass is 19.3. The average Bonchev–Trinajstić information content (AvgIpc) is 2.44. The summed E-state index contributed by atoms with van der Waals surface area (Å²) in [5.74, 6) is 0.168. The van der Waals surface area contributed by atoms with Gasteiger partial charge >= 0.3 is 6.61 Å². The first-order chi connectivity index (χ1) is 10.1. The first-order valence-corrected chi connectivity index (χ1v) is 7.11. The molecule has 0 bridgehead atoms. The van der Waals surface area contributed by atoms with Crippen LogP contribution in [0.25, 0.3) is 0 Å². The SMILES string of the molecule is CNCCC(=O)NC1CCCc2cc(OC(F)F)ccc21. The Morgan fingerprint density at radius 2 is 2.29 bits per heavy atom. The molecule has 6 heteroatoms. The van der Waals surface area contributed by atoms with Crippen molar-refractivity contribution in [2.24, 2.45) is 0 Å². The van der Waals surface area contributed by atoms with Gasteiger partial charge in [0.2, 0.25) is 5.91 Å². The lowest BCUT2D eigenvalue weighted by Gasteiger charge is -2.27. The minimum Gasteiger partial charge on any atom is -0.435 e. The van der Waals surface area contributed by atoms with Crippen LogP contribution in [0, 0.1) is 0 Å². The zero-order chi connectivity index (χ0) is 15.2. The second-order valence-electron chi connectivity index (χ2n) is 5.11. The number of nitrogens with one attached hydrogen (secondary N) is 2. The van der Waals surface area contributed by atoms with Gasteiger partial charge in [0.1, 0.15) is 5.75 Å². The van der Waals surface area contributed by atoms with Crippen molar-refractivity contribution >= 4 is 5.91 Å². The van der Waals surface area contributed by atoms with E-state index >= 15 is 0 Å². The molecule has 1 atom stereocenters. The summed E-state index contributed by atoms with van der Waals surface area (Å²) in [7, 11) is 1.80. The van der Waals surface area contributed by atoms with Gasteiger partial charge < -0.3 is 15.4 Å². The Bertz CT molecular complexity index is 495. The van der Waals surface area contributed by atoms with Crippen molar-refractivity contribution in [1.29, 1.82) is 0 Å². The molecule has 21 heavy (non-hydrogen) atoms. The van der Waals surface area contributed by atoms with Crippen LogP contribution in [0.2, 0.25) is 0 Å². The Kier molecular flexibility index (Phi) is 5.50. The maximum Gasteiger partial charge on any atom is 0.387 e. The van der Waals surface area contributed by atoms with E-state index in [-0.39, 0.29) is 17.7 Å². The van der Waals surface area contributed by atoms with Crippen LogP contribution in [0.15, 0.2) is 18.2 Å². The Balaban J connectivity index is 2.07. The molecule has 2 rings (SSSR count). The first kappa shape index (κ1) is 15.7. The fourth-order valence-corrected chi connectivity index (χ4v) is 2.62. The lowest BCUT2D eigenvalue weighted by atomic mass is 9.87. The predicted octanol–water partition coefficient (Wildman–Crippen LogP) is 2.39. The summed E-state index contributed by atoms with van der Waals surface area (Å²) in [6, 6.07) is 4.91. The van der Waals surface area contributed by atoms with E-state index in [1.165, 1.54) is 6.07 Å². The van der Waals surface area contributed by atoms with Crippen LogP contribution >= 0.6 is 0 Å². The number of rotatable bonds is 6. The lowest BCUT2D eigenvalue weighted by molar-refractivity contribution is -0.121. The molecule has 0 fully saturated rings. The molecule has 0 aliphatic heterocycles. The number of hydrogen-bond acceptors (Lipinski definition) is 3. The highest BCUT2D eigenvalue weighted by molar-refractivity contribution is 5.76. The smallest absolute Gasteiger partial charge is 0.387 e. The van der Waals surface area contributed by atoms with E-state index in [4.69, 9.17) is 0 Å². The summed E-state index contributed by atoms with van der Waals surface area (Å²) in [6.45, 7) is -2.18. The van der Waals surface area contributed by atoms with Gasteiger partial charge in [-0.15, -0.1) is 0 Å². The Morgan fingerprint density at radius 3 is 3.00 bits per heavy atom. The normalized spacial score (nSPS) is 17.4. The molecule has 1 aliphatic rings. The van der Waals surface area contributed by atoms with Gasteiger partial charge in [0.25, 0.3) is 0 Å². The van der Waals surface area contributed by atoms with Crippen LogP contribution in [-0.2, 0) is 11.2 Å². The van der Waals surface area contributed by atoms with Crippen LogP contribution in [0.5, 0.6) is 5.75 Å². The average molecular weight is 298 g/mol. The third-order valence-corrected chi connectivity index (χ3v) is 3.59. The predicted molar refractivity (Wildman–Crippen MR) is 75.4 cm³/mol. The summed E-state index contributed by atoms with van der Waals surface area (Å²) in [6.07, 6.45) is 3.03. The number of alkyl halides is 2. The van der Waals surface area contributed by atoms with E-state index in [9.17, 15) is 13.6 Å². The molecule has 0 radical (unpaired) electrons. The van der Waals surface area contributed by atoms with E-state index in [0.29, 0.717) is 13.0 Å². The van der Waals surface area contributed by atoms with Crippen LogP contribution in [-0.4, -0.2) is 26.1 Å². The van der Waals surface area contributed by atoms with Crippen LogP contribution in [0.4, 0.5) is 8.78 Å². The van der Waals surface area contributed by atoms with Crippen molar-refractivity contribution in [2.75, 3.05) is 13.6 Å². The zero-order valence-corrected chi connectivity index (χ0v) is 12.0. The Labute approximate surface area is 122 Å². The van der Waals surface area contributed by atoms with Crippen molar-refractivity contribution in [3.05, 3.63) is 29.3 Å². The maximum absolute atomic E-state index is 12.2. The molecule has 0 heterocycles. The minimum atomic E-state index is -2.82. The third-order valence-electron chi connectivity index (χ3n) is 3.59. The molecule has 0 spiro atoms. The molecule has 4 nitrogen and oxygen atoms in total. The van der Waals surface area contributed by atoms with Crippen LogP contribution in [0.1, 0.15) is 36.4 Å². The molecule has 2 N–H and O–H groups in total. The number of carbonyl (C=O) groups is 1. The molecule has 1 aromatic rings. The first-order valence-electron chi connectivity index (χ1n) is 7.11. The van der Waals surface area contributed by atoms with Crippen molar-refractivity contribution in [3.8, 4) is 5.75 Å². The van der Waals surface area contributed by atoms with Gasteiger partial charge in [-0.3, -0.25) is 4.79 Å². The molecule has 1 unspecified atom stereocenters. The molecular weight excluding hydrogens is 278 g/mol. The number of aryl methyl sites for hydroxylation is 1. The molecule has 1 amide bonds. The molecule has 0 aromatic heterocycles. The van der Waals surface area contributed by atoms with Crippen LogP contribution < -0.4 is 15.4 Å². The second-order valence-corrected chi connectivity index (χ2v) is 5.11. The van der Waals surface area contributed by atoms with Gasteiger partial charge in [0, 0.05) is 13.0 Å². The number of ether oxygens (including phenoxy) is 1. The van der Waals surface area contributed by atoms with E-state index in [1.807, 2.05) is 0 Å². The Hall–Kier alpha value is -1.69. The quantitative estimate of drug-likeness (QED) is 0.848. The Morgan fingerprint density at radius 1 is 1.48 bits per heavy atom. The van der Waals surface area contributed by atoms with E-state index in [0.717, 1.165) is 30.4 Å². The highest BCUT2D eigenvalue weighted by Gasteiger charge is 2.22. The van der Waals surface area contributed by atoms with Gasteiger partial charge in [-0.25, -0.2) is 0 Å². The highest BCUT2D eigenvalue weighted by Crippen LogP contribution is 2.32. The van der Waals surface area contributed by atoms with Gasteiger partial charge in [0.15, 0.2) is 0 Å². The molecular formula is C15H20F2N2O2. The zero-order valence-electron chi connectivity index (χ0n) is 12.0. The monoisotopic (exact) mass is 298 g/mol. The molecule has 116 valence electrons. The summed E-state index contributed by atoms with van der Waals surface area (Å²) >= 11 is 0. The molecule has 0 saturated heterocycles. The number of carbonyl (C=O) groups excluding carboxylic acids is 1. The topological polar surface area (TPSA) is 50.4 Å². The number of fused-ring (bicyclic) bond motifs is 1. The van der Waals surface area contributed by atoms with E-state index < -0.39 is 6.61 Å². The summed E-state index contributed by atoms with van der Waals surface area (Å²) < 4.78 is 28.9. The number of hydrogen-bond donors (Lipinski definition) is 2. The van der Waals surface area contributed by atoms with Crippen molar-refractivity contribution in [3.63, 3.8) is 0 Å². The number of benzene rings is 1. The molecule has 0 saturated carbocycles. The van der Waals surface area contributed by atoms with Crippen molar-refractivity contribution in [1.82, 2.24) is 10.6 Å². The van der Waals surface area contributed by atoms with Crippen LogP contribution in [0.3, 0.4) is 0 Å². The lowest BCUT2D eigenvalue weighted by Crippen LogP contribution is -2.32. The number of amides is 1. The van der Waals surface area contributed by atoms with Crippen molar-refractivity contribution in [2.45, 2.75) is 38.3 Å². The number of halogens is 2. The standard InChI is InChI=1S/C15H20F2N2O2/c1-18-8-7-14(20)19-13-4-2-3-10-9-11(21-15(16)17)5-6-12(10)13/h5-6,9,13,15,18H,2-4,7-8H2,1H3,(H,19,20). The summed E-state index contributed by atoms with van der Waals surface area (Å²) in [5.41, 5.74) is 1.97. The molecule has 1 aliphatic carbocycles. The van der Waals surface area contributed by atoms with Crippen molar-refractivity contribution < 1.29 is 18.3 Å². The summed E-state index contributed by atoms with van der Waals surface area (Å²) in [4.78, 5) is 11.8. The van der Waals surface area contributed by atoms with E-state index in [1.54, 1.807) is 19.2 Å². The fraction of sp³-hybridized carbons (Fsp3) is 0.533. The second kappa shape index (κ2) is 7.36. The minimum absolute atomic E-state index is 0.00453. The van der Waals surface area contributed by atoms with Gasteiger partial charge in [-0.05, 0) is 49.6 Å². The largest absolute Gasteiger partial charge is 0.435 e. The maximum atomic E-state index is 12.2. The third kappa shape index (κ3) is 4.39. The van der Waals surface area contributed by atoms with Gasteiger partial charge in [-0.2, -0.15) is 8.78 Å². The summed E-state index contributed by atoms with van der Waals surface area (Å²) in [5, 5.41) is 5.93. The van der Waals surface area contributed by atoms with Gasteiger partial charge in [-0.1, -0.05) is 6.07 Å². The fourth-order valence-electron chi connectivity index (χ4n) is 2.62. The van der Waals surface area contributed by atoms with Gasteiger partial charge in [0.05, 0.1) is 6.04 Å². The molecule has 1 aromatic carbocycles. The van der Waals surface area contributed by atoms with E-state index in [2.05, 4.69) is 15.4 Å².